The second kappa shape index (κ2) is 8.07. The normalized spacial score (nSPS) is 19.1. The smallest absolute Gasteiger partial charge is 0.294 e. The van der Waals surface area contributed by atoms with E-state index in [1.807, 2.05) is 30.3 Å². The predicted molar refractivity (Wildman–Crippen MR) is 101 cm³/mol. The zero-order valence-corrected chi connectivity index (χ0v) is 18.7. The van der Waals surface area contributed by atoms with Gasteiger partial charge in [-0.25, -0.2) is 23.1 Å². The van der Waals surface area contributed by atoms with Gasteiger partial charge in [-0.3, -0.25) is 9.59 Å². The largest absolute Gasteiger partial charge is 0.341 e. The first-order chi connectivity index (χ1) is 14.2. The molecule has 0 saturated carbocycles. The number of hydrogen-bond donors (Lipinski definition) is 0. The lowest BCUT2D eigenvalue weighted by atomic mass is 9.70. The Labute approximate surface area is 183 Å². The molecule has 2 aliphatic rings. The molecule has 1 heterocycles. The predicted octanol–water partition coefficient (Wildman–Crippen LogP) is 0.782. The molecule has 0 radical (unpaired) electrons. The molecular weight excluding hydrogens is 424 g/mol. The summed E-state index contributed by atoms with van der Waals surface area (Å²) in [7, 11) is -4.94. The molecule has 2 aliphatic carbocycles. The molecule has 0 fully saturated rings. The Hall–Kier alpha value is -2.16. The van der Waals surface area contributed by atoms with Gasteiger partial charge in [0.25, 0.3) is 0 Å². The van der Waals surface area contributed by atoms with Crippen molar-refractivity contribution in [2.24, 2.45) is 10.8 Å². The summed E-state index contributed by atoms with van der Waals surface area (Å²) in [5, 5.41) is 0. The number of hydrogen-bond acceptors (Lipinski definition) is 6. The Morgan fingerprint density at radius 3 is 1.48 bits per heavy atom. The highest BCUT2D eigenvalue weighted by Crippen LogP contribution is 2.46. The zero-order valence-electron chi connectivity index (χ0n) is 18.0. The van der Waals surface area contributed by atoms with Crippen LogP contribution in [-0.4, -0.2) is 11.6 Å². The topological polar surface area (TPSA) is 138 Å². The van der Waals surface area contributed by atoms with Gasteiger partial charge < -0.3 is 0 Å². The number of Topliss-reactive ketones (excluding diaryl/α,β-unsaturated/α-hetero) is 2. The fourth-order valence-corrected chi connectivity index (χ4v) is 4.43. The van der Waals surface area contributed by atoms with Crippen LogP contribution in [-0.2, 0) is 12.8 Å². The third-order valence-electron chi connectivity index (χ3n) is 5.48. The molecule has 0 aliphatic heterocycles. The molecule has 0 N–H and O–H groups in total. The van der Waals surface area contributed by atoms with Crippen molar-refractivity contribution in [3.8, 4) is 11.1 Å². The van der Waals surface area contributed by atoms with Gasteiger partial charge in [-0.2, -0.15) is 0 Å². The summed E-state index contributed by atoms with van der Waals surface area (Å²) in [6.07, 6.45) is 2.40. The highest BCUT2D eigenvalue weighted by atomic mass is 35.7. The Morgan fingerprint density at radius 1 is 0.710 bits per heavy atom. The van der Waals surface area contributed by atoms with Gasteiger partial charge in [0.15, 0.2) is 11.6 Å². The maximum absolute atomic E-state index is 13.0. The van der Waals surface area contributed by atoms with Gasteiger partial charge in [-0.05, 0) is 16.4 Å². The third kappa shape index (κ3) is 5.56. The summed E-state index contributed by atoms with van der Waals surface area (Å²) in [5.41, 5.74) is 2.73. The molecule has 2 aromatic rings. The maximum atomic E-state index is 13.0. The number of benzene rings is 1. The Kier molecular flexibility index (Phi) is 6.12. The first kappa shape index (κ1) is 23.5. The molecule has 7 nitrogen and oxygen atoms in total. The molecule has 1 aromatic heterocycles. The monoisotopic (exact) mass is 448 g/mol. The van der Waals surface area contributed by atoms with Crippen molar-refractivity contribution in [3.63, 3.8) is 0 Å². The number of rotatable bonds is 1. The molecule has 1 aromatic carbocycles. The minimum absolute atomic E-state index is 0.0827. The molecule has 0 saturated heterocycles. The van der Waals surface area contributed by atoms with Gasteiger partial charge in [0.1, 0.15) is 11.1 Å². The number of fused-ring (bicyclic) bond motifs is 2. The van der Waals surface area contributed by atoms with E-state index in [1.54, 1.807) is 0 Å². The van der Waals surface area contributed by atoms with E-state index < -0.39 is 10.2 Å². The summed E-state index contributed by atoms with van der Waals surface area (Å²) in [5.74, 6) is 1.65. The second-order valence-corrected chi connectivity index (χ2v) is 10.5. The van der Waals surface area contributed by atoms with Gasteiger partial charge in [0.05, 0.1) is 12.8 Å². The zero-order chi connectivity index (χ0) is 23.2. The van der Waals surface area contributed by atoms with E-state index in [1.165, 1.54) is 0 Å². The number of ketones is 2. The van der Waals surface area contributed by atoms with Crippen molar-refractivity contribution in [1.29, 1.82) is 0 Å². The van der Waals surface area contributed by atoms with Crippen LogP contribution in [0.15, 0.2) is 34.7 Å². The Morgan fingerprint density at radius 2 is 1.10 bits per heavy atom. The molecule has 0 unspecified atom stereocenters. The summed E-state index contributed by atoms with van der Waals surface area (Å²) in [6.45, 7) is 8.39. The molecule has 8 heteroatoms. The highest BCUT2D eigenvalue weighted by molar-refractivity contribution is 6.12. The van der Waals surface area contributed by atoms with Crippen molar-refractivity contribution in [2.45, 2.75) is 53.4 Å². The van der Waals surface area contributed by atoms with E-state index >= 15 is 0 Å². The van der Waals surface area contributed by atoms with E-state index in [0.29, 0.717) is 24.0 Å². The van der Waals surface area contributed by atoms with Crippen LogP contribution in [0.3, 0.4) is 0 Å². The molecule has 4 rings (SSSR count). The van der Waals surface area contributed by atoms with E-state index in [2.05, 4.69) is 27.7 Å². The molecule has 31 heavy (non-hydrogen) atoms. The molecule has 0 bridgehead atoms. The van der Waals surface area contributed by atoms with Crippen LogP contribution in [0.25, 0.3) is 11.1 Å². The molecule has 0 atom stereocenters. The first-order valence-electron chi connectivity index (χ1n) is 9.92. The molecule has 0 spiro atoms. The maximum Gasteiger partial charge on any atom is 0.341 e. The van der Waals surface area contributed by atoms with Crippen molar-refractivity contribution >= 4 is 11.6 Å². The van der Waals surface area contributed by atoms with Crippen LogP contribution in [0.1, 0.15) is 72.8 Å². The number of halogens is 1. The fourth-order valence-electron chi connectivity index (χ4n) is 4.43. The van der Waals surface area contributed by atoms with Crippen molar-refractivity contribution in [2.75, 3.05) is 0 Å². The fraction of sp³-hybridized carbons (Fsp3) is 0.435. The lowest BCUT2D eigenvalue weighted by Gasteiger charge is -2.30. The average molecular weight is 449 g/mol. The minimum Gasteiger partial charge on any atom is -0.294 e. The Balaban J connectivity index is 0.000000491. The van der Waals surface area contributed by atoms with Crippen LogP contribution in [0.4, 0.5) is 0 Å². The highest BCUT2D eigenvalue weighted by Gasteiger charge is 2.47. The van der Waals surface area contributed by atoms with Crippen LogP contribution >= 0.6 is 0 Å². The van der Waals surface area contributed by atoms with Crippen molar-refractivity contribution < 1.29 is 42.9 Å². The van der Waals surface area contributed by atoms with E-state index in [-0.39, 0.29) is 22.4 Å². The quantitative estimate of drug-likeness (QED) is 0.587. The summed E-state index contributed by atoms with van der Waals surface area (Å²) in [6, 6.07) is 9.82. The van der Waals surface area contributed by atoms with Crippen LogP contribution in [0, 0.1) is 21.1 Å². The molecule has 166 valence electrons. The first-order valence-corrected chi connectivity index (χ1v) is 11.2. The van der Waals surface area contributed by atoms with Crippen molar-refractivity contribution in [3.05, 3.63) is 53.0 Å². The van der Waals surface area contributed by atoms with Gasteiger partial charge in [0, 0.05) is 18.4 Å². The molecular formula is C23H25ClO7. The van der Waals surface area contributed by atoms with Crippen LogP contribution < -0.4 is 18.6 Å². The van der Waals surface area contributed by atoms with Gasteiger partial charge >= 0.3 is 11.5 Å². The standard InChI is InChI=1S/C23H25O3.ClHO4/c1-22(2)10-15(24)20-17(12-22)26-18-13-23(3,4)11-16(25)21(18)19(20)14-8-6-5-7-9-14;2-1(3,4)5/h5-9H,10-13H2,1-4H3;(H,2,3,4,5)/q+1;/p-1. The average Bonchev–Trinajstić information content (AvgIpc) is 2.57. The molecule has 0 amide bonds. The number of carbonyl (C=O) groups excluding carboxylic acids is 2. The van der Waals surface area contributed by atoms with E-state index in [0.717, 1.165) is 35.5 Å². The van der Waals surface area contributed by atoms with Gasteiger partial charge in [0.2, 0.25) is 0 Å². The lowest BCUT2D eigenvalue weighted by molar-refractivity contribution is -2.00. The van der Waals surface area contributed by atoms with E-state index in [9.17, 15) is 9.59 Å². The van der Waals surface area contributed by atoms with E-state index in [4.69, 9.17) is 23.1 Å². The lowest BCUT2D eigenvalue weighted by Crippen LogP contribution is -2.68. The van der Waals surface area contributed by atoms with Gasteiger partial charge in [-0.15, -0.1) is 10.2 Å². The number of carbonyl (C=O) groups is 2. The second-order valence-electron chi connectivity index (χ2n) is 9.70. The third-order valence-corrected chi connectivity index (χ3v) is 5.48. The summed E-state index contributed by atoms with van der Waals surface area (Å²) in [4.78, 5) is 26.1. The van der Waals surface area contributed by atoms with Gasteiger partial charge in [-0.1, -0.05) is 58.0 Å². The summed E-state index contributed by atoms with van der Waals surface area (Å²) >= 11 is 0. The minimum atomic E-state index is -4.94. The summed E-state index contributed by atoms with van der Waals surface area (Å²) < 4.78 is 40.2. The van der Waals surface area contributed by atoms with Crippen molar-refractivity contribution in [1.82, 2.24) is 0 Å². The van der Waals surface area contributed by atoms with Crippen LogP contribution in [0.5, 0.6) is 0 Å². The Bertz CT molecular complexity index is 960. The van der Waals surface area contributed by atoms with Crippen LogP contribution in [0.2, 0.25) is 0 Å². The SMILES string of the molecule is CC1(C)CC(=O)c2c([o+]c3c(c2-c2ccccc2)C(=O)CC(C)(C)C3)C1.[O-][Cl+3]([O-])([O-])[O-].